The quantitative estimate of drug-likeness (QED) is 0.0776. The van der Waals surface area contributed by atoms with E-state index in [1.54, 1.807) is 0 Å². The lowest BCUT2D eigenvalue weighted by atomic mass is 9.89. The maximum absolute atomic E-state index is 12.6. The number of carbonyl (C=O) groups excluding carboxylic acids is 2. The molecule has 0 aromatic heterocycles. The van der Waals surface area contributed by atoms with Gasteiger partial charge in [-0.25, -0.2) is 0 Å². The number of amides is 2. The zero-order chi connectivity index (χ0) is 39.1. The third-order valence-electron chi connectivity index (χ3n) is 10.4. The lowest BCUT2D eigenvalue weighted by Gasteiger charge is -2.43. The minimum Gasteiger partial charge on any atom is -0.392 e. The largest absolute Gasteiger partial charge is 0.392 e. The Labute approximate surface area is 331 Å². The lowest BCUT2D eigenvalue weighted by molar-refractivity contribution is -0.276. The maximum atomic E-state index is 12.6. The Morgan fingerprint density at radius 3 is 1.96 bits per heavy atom. The van der Waals surface area contributed by atoms with Crippen molar-refractivity contribution in [2.75, 3.05) is 13.1 Å². The first-order chi connectivity index (χ1) is 27.3. The van der Waals surface area contributed by atoms with Crippen LogP contribution < -0.4 is 10.6 Å². The molecule has 1 aliphatic heterocycles. The van der Waals surface area contributed by atoms with Crippen LogP contribution in [-0.2, 0) is 45.3 Å². The number of rotatable bonds is 18. The van der Waals surface area contributed by atoms with Gasteiger partial charge >= 0.3 is 0 Å². The van der Waals surface area contributed by atoms with Crippen LogP contribution in [0, 0.1) is 5.92 Å². The smallest absolute Gasteiger partial charge is 0.220 e. The van der Waals surface area contributed by atoms with E-state index in [-0.39, 0.29) is 36.5 Å². The molecule has 1 saturated heterocycles. The molecule has 0 radical (unpaired) electrons. The second-order valence-corrected chi connectivity index (χ2v) is 14.9. The molecule has 1 aliphatic rings. The highest BCUT2D eigenvalue weighted by molar-refractivity contribution is 5.76. The molecule has 1 heterocycles. The number of ether oxygens (including phenoxy) is 2. The third-order valence-corrected chi connectivity index (χ3v) is 10.4. The average Bonchev–Trinajstić information content (AvgIpc) is 3.23. The molecule has 0 bridgehead atoms. The van der Waals surface area contributed by atoms with Crippen LogP contribution in [0.1, 0.15) is 85.3 Å². The predicted octanol–water partition coefficient (Wildman–Crippen LogP) is 8.65. The molecule has 5 aromatic rings. The number of nitrogens with zero attached hydrogens (tertiary/aromatic N) is 1. The van der Waals surface area contributed by atoms with Gasteiger partial charge < -0.3 is 25.2 Å². The van der Waals surface area contributed by atoms with Crippen molar-refractivity contribution in [1.82, 2.24) is 15.5 Å². The molecule has 5 aromatic carbocycles. The lowest BCUT2D eigenvalue weighted by Crippen LogP contribution is -2.44. The van der Waals surface area contributed by atoms with Crippen LogP contribution in [0.3, 0.4) is 0 Å². The van der Waals surface area contributed by atoms with Gasteiger partial charge in [-0.05, 0) is 63.9 Å². The standard InChI is InChI=1S/C48H55N3O5/c1-35-45(33-51(31-37-14-6-3-7-15-37)32-38-16-8-4-9-17-38)55-48(56-47(35)41-25-23-39(34-52)24-26-41)44-21-13-20-43(29-44)42-19-12-18-40(28-42)30-50-46(54)22-10-5-11-27-49-36(2)53/h3-4,6-9,12-21,23-26,28-29,35,45,47-48,52H,5,10-11,22,27,30-34H2,1-2H3,(H,49,53)(H,50,54)/t35-,45+,47+,48+/m1/s1. The molecule has 2 amide bonds. The highest BCUT2D eigenvalue weighted by atomic mass is 16.7. The van der Waals surface area contributed by atoms with E-state index >= 15 is 0 Å². The van der Waals surface area contributed by atoms with Gasteiger partial charge in [-0.15, -0.1) is 0 Å². The topological polar surface area (TPSA) is 100 Å². The Balaban J connectivity index is 1.19. The second kappa shape index (κ2) is 20.7. The molecular weight excluding hydrogens is 699 g/mol. The van der Waals surface area contributed by atoms with Crippen molar-refractivity contribution in [2.45, 2.75) is 84.3 Å². The summed E-state index contributed by atoms with van der Waals surface area (Å²) in [7, 11) is 0. The number of unbranched alkanes of at least 4 members (excludes halogenated alkanes) is 2. The van der Waals surface area contributed by atoms with Crippen LogP contribution >= 0.6 is 0 Å². The fourth-order valence-electron chi connectivity index (χ4n) is 7.32. The summed E-state index contributed by atoms with van der Waals surface area (Å²) in [6, 6.07) is 45.8. The number of hydrogen-bond donors (Lipinski definition) is 3. The van der Waals surface area contributed by atoms with Crippen molar-refractivity contribution >= 4 is 11.8 Å². The van der Waals surface area contributed by atoms with E-state index in [1.807, 2.05) is 30.3 Å². The van der Waals surface area contributed by atoms with Crippen molar-refractivity contribution in [3.63, 3.8) is 0 Å². The SMILES string of the molecule is CC(=O)NCCCCCC(=O)NCc1cccc(-c2cccc([C@H]3O[C@@H](CN(Cc4ccccc4)Cc4ccccc4)[C@@H](C)[C@@H](c4ccc(CO)cc4)O3)c2)c1. The normalized spacial score (nSPS) is 18.1. The predicted molar refractivity (Wildman–Crippen MR) is 221 cm³/mol. The van der Waals surface area contributed by atoms with Crippen molar-refractivity contribution in [3.05, 3.63) is 167 Å². The number of benzene rings is 5. The van der Waals surface area contributed by atoms with E-state index in [0.717, 1.165) is 65.7 Å². The fraction of sp³-hybridized carbons (Fsp3) is 0.333. The molecule has 4 atom stereocenters. The molecule has 56 heavy (non-hydrogen) atoms. The van der Waals surface area contributed by atoms with E-state index in [2.05, 4.69) is 126 Å². The Bertz CT molecular complexity index is 1930. The number of aliphatic hydroxyl groups excluding tert-OH is 1. The molecule has 3 N–H and O–H groups in total. The summed E-state index contributed by atoms with van der Waals surface area (Å²) in [6.45, 7) is 7.10. The maximum Gasteiger partial charge on any atom is 0.220 e. The summed E-state index contributed by atoms with van der Waals surface area (Å²) in [4.78, 5) is 26.1. The van der Waals surface area contributed by atoms with Gasteiger partial charge in [0.15, 0.2) is 6.29 Å². The number of nitrogens with one attached hydrogen (secondary N) is 2. The van der Waals surface area contributed by atoms with Crippen molar-refractivity contribution in [2.24, 2.45) is 5.92 Å². The van der Waals surface area contributed by atoms with Crippen LogP contribution in [0.25, 0.3) is 11.1 Å². The molecule has 8 nitrogen and oxygen atoms in total. The zero-order valence-electron chi connectivity index (χ0n) is 32.6. The van der Waals surface area contributed by atoms with Gasteiger partial charge in [0.1, 0.15) is 0 Å². The molecular formula is C48H55N3O5. The monoisotopic (exact) mass is 753 g/mol. The molecule has 1 fully saturated rings. The summed E-state index contributed by atoms with van der Waals surface area (Å²) < 4.78 is 13.8. The van der Waals surface area contributed by atoms with E-state index in [1.165, 1.54) is 18.1 Å². The van der Waals surface area contributed by atoms with E-state index in [4.69, 9.17) is 9.47 Å². The van der Waals surface area contributed by atoms with E-state index < -0.39 is 6.29 Å². The van der Waals surface area contributed by atoms with Crippen molar-refractivity contribution in [1.29, 1.82) is 0 Å². The molecule has 0 spiro atoms. The van der Waals surface area contributed by atoms with Crippen LogP contribution in [0.5, 0.6) is 0 Å². The van der Waals surface area contributed by atoms with Gasteiger partial charge in [-0.2, -0.15) is 0 Å². The van der Waals surface area contributed by atoms with Crippen molar-refractivity contribution in [3.8, 4) is 11.1 Å². The molecule has 8 heteroatoms. The Kier molecular flexibility index (Phi) is 15.0. The summed E-state index contributed by atoms with van der Waals surface area (Å²) in [6.07, 6.45) is 2.04. The van der Waals surface area contributed by atoms with Gasteiger partial charge in [0.25, 0.3) is 0 Å². The van der Waals surface area contributed by atoms with Gasteiger partial charge in [-0.3, -0.25) is 14.5 Å². The molecule has 0 aliphatic carbocycles. The van der Waals surface area contributed by atoms with Gasteiger partial charge in [-0.1, -0.05) is 135 Å². The first kappa shape index (κ1) is 40.5. The highest BCUT2D eigenvalue weighted by Gasteiger charge is 2.39. The summed E-state index contributed by atoms with van der Waals surface area (Å²) in [5.41, 5.74) is 8.47. The zero-order valence-corrected chi connectivity index (χ0v) is 32.6. The van der Waals surface area contributed by atoms with Crippen LogP contribution in [0.2, 0.25) is 0 Å². The molecule has 0 saturated carbocycles. The minimum atomic E-state index is -0.602. The van der Waals surface area contributed by atoms with E-state index in [9.17, 15) is 14.7 Å². The van der Waals surface area contributed by atoms with Crippen LogP contribution in [-0.4, -0.2) is 41.0 Å². The molecule has 6 rings (SSSR count). The number of aliphatic hydroxyl groups is 1. The van der Waals surface area contributed by atoms with Crippen LogP contribution in [0.4, 0.5) is 0 Å². The summed E-state index contributed by atoms with van der Waals surface area (Å²) >= 11 is 0. The third kappa shape index (κ3) is 11.9. The second-order valence-electron chi connectivity index (χ2n) is 14.9. The van der Waals surface area contributed by atoms with Gasteiger partial charge in [0, 0.05) is 57.5 Å². The Morgan fingerprint density at radius 1 is 0.661 bits per heavy atom. The molecule has 292 valence electrons. The summed E-state index contributed by atoms with van der Waals surface area (Å²) in [5, 5.41) is 15.6. The highest BCUT2D eigenvalue weighted by Crippen LogP contribution is 2.42. The fourth-order valence-corrected chi connectivity index (χ4v) is 7.32. The van der Waals surface area contributed by atoms with Crippen LogP contribution in [0.15, 0.2) is 133 Å². The van der Waals surface area contributed by atoms with Gasteiger partial charge in [0.2, 0.25) is 11.8 Å². The summed E-state index contributed by atoms with van der Waals surface area (Å²) in [5.74, 6) is 0.0419. The minimum absolute atomic E-state index is 0.00780. The van der Waals surface area contributed by atoms with E-state index in [0.29, 0.717) is 26.1 Å². The van der Waals surface area contributed by atoms with Gasteiger partial charge in [0.05, 0.1) is 18.8 Å². The van der Waals surface area contributed by atoms with Crippen molar-refractivity contribution < 1.29 is 24.2 Å². The first-order valence-corrected chi connectivity index (χ1v) is 19.9. The molecule has 0 unspecified atom stereocenters. The number of carbonyl (C=O) groups is 2. The number of hydrogen-bond acceptors (Lipinski definition) is 6. The average molecular weight is 754 g/mol. The first-order valence-electron chi connectivity index (χ1n) is 19.9. The Hall–Kier alpha value is -5.12. The Morgan fingerprint density at radius 2 is 1.30 bits per heavy atom.